The van der Waals surface area contributed by atoms with E-state index in [0.29, 0.717) is 6.42 Å². The highest BCUT2D eigenvalue weighted by Gasteiger charge is 2.66. The Labute approximate surface area is 164 Å². The zero-order valence-corrected chi connectivity index (χ0v) is 18.0. The van der Waals surface area contributed by atoms with Gasteiger partial charge in [0.05, 0.1) is 12.7 Å². The normalized spacial score (nSPS) is 28.5. The zero-order chi connectivity index (χ0) is 20.9. The molecular weight excluding hydrogens is 380 g/mol. The van der Waals surface area contributed by atoms with Crippen molar-refractivity contribution in [3.05, 3.63) is 45.8 Å². The Bertz CT molecular complexity index is 899. The number of nitrogens with zero attached hydrogens (tertiary/aromatic N) is 1. The molecule has 1 aromatic heterocycles. The molecule has 3 heterocycles. The van der Waals surface area contributed by atoms with E-state index in [1.807, 2.05) is 0 Å². The van der Waals surface area contributed by atoms with Crippen LogP contribution >= 0.6 is 0 Å². The number of carbonyl (C=O) groups excluding carboxylic acids is 1. The van der Waals surface area contributed by atoms with Crippen LogP contribution in [0.25, 0.3) is 0 Å². The number of fused-ring (bicyclic) bond motifs is 2. The Kier molecular flexibility index (Phi) is 5.16. The lowest BCUT2D eigenvalue weighted by Crippen LogP contribution is -2.56. The molecule has 4 atom stereocenters. The highest BCUT2D eigenvalue weighted by atomic mass is 28.4. The molecule has 8 nitrogen and oxygen atoms in total. The van der Waals surface area contributed by atoms with Crippen LogP contribution in [-0.2, 0) is 18.7 Å². The molecule has 154 valence electrons. The van der Waals surface area contributed by atoms with E-state index in [9.17, 15) is 14.4 Å². The largest absolute Gasteiger partial charge is 0.410 e. The summed E-state index contributed by atoms with van der Waals surface area (Å²) in [5, 5.41) is -0.0567. The van der Waals surface area contributed by atoms with Gasteiger partial charge in [0.1, 0.15) is 0 Å². The molecule has 0 amide bonds. The van der Waals surface area contributed by atoms with Crippen LogP contribution < -0.4 is 11.2 Å². The molecule has 2 aliphatic rings. The Morgan fingerprint density at radius 3 is 2.68 bits per heavy atom. The molecule has 0 saturated carbocycles. The molecule has 2 fully saturated rings. The SMILES string of the molecule is C=CCC(O[Si](C)(C)C(C)(C)C)C12COC(C1=O)C(n1ccc(=O)[nH]c1=O)O2. The Balaban J connectivity index is 1.97. The van der Waals surface area contributed by atoms with E-state index in [-0.39, 0.29) is 17.4 Å². The standard InChI is InChI=1S/C19H28N2O6Si/c1-7-8-12(27-28(5,6)18(2,3)4)19-11-25-14(15(19)23)16(26-19)21-10-9-13(22)20-17(21)24/h7,9-10,12,14,16H,1,8,11H2,2-6H3,(H,20,22,24). The summed E-state index contributed by atoms with van der Waals surface area (Å²) in [5.41, 5.74) is -2.46. The summed E-state index contributed by atoms with van der Waals surface area (Å²) in [5.74, 6) is -0.235. The molecule has 0 aliphatic carbocycles. The van der Waals surface area contributed by atoms with Crippen molar-refractivity contribution in [2.75, 3.05) is 6.61 Å². The highest BCUT2D eigenvalue weighted by Crippen LogP contribution is 2.47. The minimum absolute atomic E-state index is 0.0567. The van der Waals surface area contributed by atoms with Crippen molar-refractivity contribution in [3.63, 3.8) is 0 Å². The fourth-order valence-corrected chi connectivity index (χ4v) is 4.71. The first-order chi connectivity index (χ1) is 12.9. The molecule has 9 heteroatoms. The number of ether oxygens (including phenoxy) is 2. The van der Waals surface area contributed by atoms with Crippen molar-refractivity contribution in [2.24, 2.45) is 0 Å². The number of aromatic amines is 1. The molecule has 1 aromatic rings. The van der Waals surface area contributed by atoms with Gasteiger partial charge >= 0.3 is 5.69 Å². The molecular formula is C19H28N2O6Si. The molecule has 3 rings (SSSR count). The lowest BCUT2D eigenvalue weighted by atomic mass is 9.92. The molecule has 2 bridgehead atoms. The second-order valence-corrected chi connectivity index (χ2v) is 13.7. The lowest BCUT2D eigenvalue weighted by Gasteiger charge is -2.43. The summed E-state index contributed by atoms with van der Waals surface area (Å²) in [6.07, 6.45) is 1.01. The van der Waals surface area contributed by atoms with E-state index in [0.717, 1.165) is 0 Å². The maximum atomic E-state index is 13.2. The van der Waals surface area contributed by atoms with E-state index in [4.69, 9.17) is 13.9 Å². The minimum atomic E-state index is -2.22. The fourth-order valence-electron chi connectivity index (χ4n) is 3.36. The average Bonchev–Trinajstić information content (AvgIpc) is 3.04. The number of carbonyl (C=O) groups is 1. The highest BCUT2D eigenvalue weighted by molar-refractivity contribution is 6.74. The molecule has 4 unspecified atom stereocenters. The molecule has 0 radical (unpaired) electrons. The number of ketones is 1. The third kappa shape index (κ3) is 3.26. The van der Waals surface area contributed by atoms with Crippen LogP contribution in [0.2, 0.25) is 18.1 Å². The van der Waals surface area contributed by atoms with Crippen LogP contribution in [-0.4, -0.2) is 48.1 Å². The van der Waals surface area contributed by atoms with E-state index >= 15 is 0 Å². The molecule has 0 spiro atoms. The van der Waals surface area contributed by atoms with Crippen molar-refractivity contribution in [3.8, 4) is 0 Å². The third-order valence-electron chi connectivity index (χ3n) is 6.01. The van der Waals surface area contributed by atoms with Crippen molar-refractivity contribution >= 4 is 14.1 Å². The Hall–Kier alpha value is -1.81. The van der Waals surface area contributed by atoms with Gasteiger partial charge in [-0.25, -0.2) is 4.79 Å². The van der Waals surface area contributed by atoms with Gasteiger partial charge in [0.25, 0.3) is 5.56 Å². The fraction of sp³-hybridized carbons (Fsp3) is 0.632. The predicted octanol–water partition coefficient (Wildman–Crippen LogP) is 1.74. The van der Waals surface area contributed by atoms with E-state index < -0.39 is 43.6 Å². The molecule has 2 aliphatic heterocycles. The van der Waals surface area contributed by atoms with Crippen molar-refractivity contribution in [2.45, 2.75) is 69.4 Å². The van der Waals surface area contributed by atoms with Crippen molar-refractivity contribution in [1.29, 1.82) is 0 Å². The van der Waals surface area contributed by atoms with Gasteiger partial charge in [0, 0.05) is 12.3 Å². The third-order valence-corrected chi connectivity index (χ3v) is 10.5. The van der Waals surface area contributed by atoms with Crippen LogP contribution in [0.4, 0.5) is 0 Å². The molecule has 0 aromatic carbocycles. The number of Topliss-reactive ketones (excluding diaryl/α,β-unsaturated/α-hetero) is 1. The van der Waals surface area contributed by atoms with Gasteiger partial charge in [0.15, 0.2) is 26.3 Å². The maximum absolute atomic E-state index is 13.2. The van der Waals surface area contributed by atoms with Gasteiger partial charge < -0.3 is 13.9 Å². The van der Waals surface area contributed by atoms with Crippen LogP contribution in [0.3, 0.4) is 0 Å². The van der Waals surface area contributed by atoms with E-state index in [1.54, 1.807) is 6.08 Å². The monoisotopic (exact) mass is 408 g/mol. The molecule has 1 N–H and O–H groups in total. The van der Waals surface area contributed by atoms with Crippen LogP contribution in [0.1, 0.15) is 33.4 Å². The van der Waals surface area contributed by atoms with Gasteiger partial charge in [-0.1, -0.05) is 26.8 Å². The summed E-state index contributed by atoms with van der Waals surface area (Å²) in [4.78, 5) is 38.9. The number of nitrogens with one attached hydrogen (secondary N) is 1. The maximum Gasteiger partial charge on any atom is 0.330 e. The molecule has 2 saturated heterocycles. The summed E-state index contributed by atoms with van der Waals surface area (Å²) in [7, 11) is -2.22. The average molecular weight is 409 g/mol. The summed E-state index contributed by atoms with van der Waals surface area (Å²) in [6.45, 7) is 14.4. The lowest BCUT2D eigenvalue weighted by molar-refractivity contribution is -0.202. The molecule has 28 heavy (non-hydrogen) atoms. The van der Waals surface area contributed by atoms with Crippen molar-refractivity contribution < 1.29 is 18.7 Å². The first-order valence-electron chi connectivity index (χ1n) is 9.37. The van der Waals surface area contributed by atoms with E-state index in [1.165, 1.54) is 16.8 Å². The van der Waals surface area contributed by atoms with Gasteiger partial charge in [0.2, 0.25) is 5.78 Å². The van der Waals surface area contributed by atoms with E-state index in [2.05, 4.69) is 45.4 Å². The van der Waals surface area contributed by atoms with Crippen molar-refractivity contribution in [1.82, 2.24) is 9.55 Å². The quantitative estimate of drug-likeness (QED) is 0.569. The Morgan fingerprint density at radius 1 is 1.43 bits per heavy atom. The number of hydrogen-bond acceptors (Lipinski definition) is 6. The smallest absolute Gasteiger partial charge is 0.330 e. The number of H-pyrrole nitrogens is 1. The van der Waals surface area contributed by atoms with Gasteiger partial charge in [-0.3, -0.25) is 19.1 Å². The van der Waals surface area contributed by atoms with Gasteiger partial charge in [-0.05, 0) is 24.6 Å². The van der Waals surface area contributed by atoms with Crippen LogP contribution in [0, 0.1) is 0 Å². The number of hydrogen-bond donors (Lipinski definition) is 1. The predicted molar refractivity (Wildman–Crippen MR) is 106 cm³/mol. The van der Waals surface area contributed by atoms with Gasteiger partial charge in [-0.2, -0.15) is 0 Å². The number of aromatic nitrogens is 2. The summed E-state index contributed by atoms with van der Waals surface area (Å²) < 4.78 is 19.6. The summed E-state index contributed by atoms with van der Waals surface area (Å²) in [6, 6.07) is 1.21. The summed E-state index contributed by atoms with van der Waals surface area (Å²) >= 11 is 0. The first kappa shape index (κ1) is 20.9. The number of rotatable bonds is 6. The first-order valence-corrected chi connectivity index (χ1v) is 12.3. The van der Waals surface area contributed by atoms with Crippen LogP contribution in [0.5, 0.6) is 0 Å². The zero-order valence-electron chi connectivity index (χ0n) is 17.0. The second kappa shape index (κ2) is 6.91. The van der Waals surface area contributed by atoms with Gasteiger partial charge in [-0.15, -0.1) is 6.58 Å². The van der Waals surface area contributed by atoms with Crippen LogP contribution in [0.15, 0.2) is 34.5 Å². The minimum Gasteiger partial charge on any atom is -0.410 e. The second-order valence-electron chi connectivity index (χ2n) is 8.90. The topological polar surface area (TPSA) is 99.6 Å². The Morgan fingerprint density at radius 2 is 2.11 bits per heavy atom.